The molecule has 0 radical (unpaired) electrons. The fourth-order valence-corrected chi connectivity index (χ4v) is 3.22. The van der Waals surface area contributed by atoms with Crippen molar-refractivity contribution in [2.45, 2.75) is 33.1 Å². The summed E-state index contributed by atoms with van der Waals surface area (Å²) in [4.78, 5) is 25.9. The zero-order valence-electron chi connectivity index (χ0n) is 11.9. The minimum absolute atomic E-state index is 0.0241. The van der Waals surface area contributed by atoms with Crippen LogP contribution in [0.1, 0.15) is 33.1 Å². The van der Waals surface area contributed by atoms with Crippen LogP contribution in [-0.4, -0.2) is 36.3 Å². The summed E-state index contributed by atoms with van der Waals surface area (Å²) in [6, 6.07) is 0. The van der Waals surface area contributed by atoms with Gasteiger partial charge in [-0.15, -0.1) is 0 Å². The lowest BCUT2D eigenvalue weighted by molar-refractivity contribution is -0.140. The molecule has 0 aromatic heterocycles. The molecular formula is C15H24N2O2. The van der Waals surface area contributed by atoms with Crippen LogP contribution >= 0.6 is 0 Å². The lowest BCUT2D eigenvalue weighted by Gasteiger charge is -2.18. The van der Waals surface area contributed by atoms with Gasteiger partial charge in [-0.1, -0.05) is 20.4 Å². The molecular weight excluding hydrogens is 240 g/mol. The van der Waals surface area contributed by atoms with Gasteiger partial charge in [-0.2, -0.15) is 0 Å². The van der Waals surface area contributed by atoms with Crippen molar-refractivity contribution in [2.75, 3.05) is 19.6 Å². The third-order valence-electron chi connectivity index (χ3n) is 4.15. The van der Waals surface area contributed by atoms with E-state index in [-0.39, 0.29) is 23.7 Å². The van der Waals surface area contributed by atoms with Crippen molar-refractivity contribution < 1.29 is 9.59 Å². The molecule has 1 aliphatic carbocycles. The van der Waals surface area contributed by atoms with Crippen molar-refractivity contribution in [1.29, 1.82) is 0 Å². The van der Waals surface area contributed by atoms with Crippen LogP contribution in [0.3, 0.4) is 0 Å². The van der Waals surface area contributed by atoms with E-state index >= 15 is 0 Å². The largest absolute Gasteiger partial charge is 0.313 e. The van der Waals surface area contributed by atoms with E-state index in [0.29, 0.717) is 19.0 Å². The maximum Gasteiger partial charge on any atom is 0.233 e. The van der Waals surface area contributed by atoms with Gasteiger partial charge in [0, 0.05) is 6.54 Å². The molecule has 4 heteroatoms. The summed E-state index contributed by atoms with van der Waals surface area (Å²) in [5.41, 5.74) is 0.906. The minimum atomic E-state index is -0.0566. The predicted molar refractivity (Wildman–Crippen MR) is 74.4 cm³/mol. The summed E-state index contributed by atoms with van der Waals surface area (Å²) < 4.78 is 0. The first-order chi connectivity index (χ1) is 9.04. The van der Waals surface area contributed by atoms with E-state index in [9.17, 15) is 9.59 Å². The van der Waals surface area contributed by atoms with Crippen molar-refractivity contribution in [3.63, 3.8) is 0 Å². The number of carbonyl (C=O) groups is 2. The molecule has 0 aromatic rings. The van der Waals surface area contributed by atoms with Gasteiger partial charge in [0.2, 0.25) is 11.8 Å². The Morgan fingerprint density at radius 2 is 1.89 bits per heavy atom. The number of likely N-dealkylation sites (tertiary alicyclic amines) is 1. The maximum absolute atomic E-state index is 12.3. The molecule has 1 saturated carbocycles. The Morgan fingerprint density at radius 3 is 2.42 bits per heavy atom. The van der Waals surface area contributed by atoms with Gasteiger partial charge in [-0.25, -0.2) is 0 Å². The molecule has 106 valence electrons. The highest BCUT2D eigenvalue weighted by molar-refractivity contribution is 6.05. The van der Waals surface area contributed by atoms with Crippen molar-refractivity contribution in [2.24, 2.45) is 17.8 Å². The molecule has 0 spiro atoms. The van der Waals surface area contributed by atoms with Crippen LogP contribution in [0.25, 0.3) is 0 Å². The SMILES string of the molecule is C=C(CNCCC)CN1C(=O)C2CC(C)CC2C1=O. The zero-order valence-corrected chi connectivity index (χ0v) is 11.9. The lowest BCUT2D eigenvalue weighted by atomic mass is 10.00. The minimum Gasteiger partial charge on any atom is -0.313 e. The van der Waals surface area contributed by atoms with Gasteiger partial charge in [0.1, 0.15) is 0 Å². The van der Waals surface area contributed by atoms with Gasteiger partial charge in [-0.05, 0) is 37.3 Å². The van der Waals surface area contributed by atoms with Gasteiger partial charge in [0.25, 0.3) is 0 Å². The van der Waals surface area contributed by atoms with Gasteiger partial charge in [0.05, 0.1) is 18.4 Å². The van der Waals surface area contributed by atoms with Gasteiger partial charge >= 0.3 is 0 Å². The molecule has 2 amide bonds. The number of carbonyl (C=O) groups excluding carboxylic acids is 2. The highest BCUT2D eigenvalue weighted by atomic mass is 16.2. The first-order valence-electron chi connectivity index (χ1n) is 7.27. The van der Waals surface area contributed by atoms with E-state index in [1.54, 1.807) is 0 Å². The van der Waals surface area contributed by atoms with E-state index in [1.807, 2.05) is 0 Å². The molecule has 1 heterocycles. The van der Waals surface area contributed by atoms with Crippen LogP contribution in [0.5, 0.6) is 0 Å². The first kappa shape index (κ1) is 14.3. The Hall–Kier alpha value is -1.16. The Kier molecular flexibility index (Phi) is 4.40. The number of fused-ring (bicyclic) bond motifs is 1. The maximum atomic E-state index is 12.3. The van der Waals surface area contributed by atoms with Gasteiger partial charge in [-0.3, -0.25) is 14.5 Å². The third kappa shape index (κ3) is 2.89. The number of nitrogens with zero attached hydrogens (tertiary/aromatic N) is 1. The highest BCUT2D eigenvalue weighted by Gasteiger charge is 2.51. The Bertz CT molecular complexity index is 368. The van der Waals surface area contributed by atoms with Crippen LogP contribution in [0.4, 0.5) is 0 Å². The zero-order chi connectivity index (χ0) is 14.0. The summed E-state index contributed by atoms with van der Waals surface area (Å²) in [5.74, 6) is 0.434. The van der Waals surface area contributed by atoms with E-state index in [2.05, 4.69) is 25.7 Å². The molecule has 1 aliphatic heterocycles. The van der Waals surface area contributed by atoms with Crippen molar-refractivity contribution in [3.05, 3.63) is 12.2 Å². The summed E-state index contributed by atoms with van der Waals surface area (Å²) in [6.07, 6.45) is 2.80. The van der Waals surface area contributed by atoms with E-state index < -0.39 is 0 Å². The molecule has 1 N–H and O–H groups in total. The number of rotatable bonds is 6. The summed E-state index contributed by atoms with van der Waals surface area (Å²) in [6.45, 7) is 10.2. The van der Waals surface area contributed by atoms with Crippen LogP contribution in [0.15, 0.2) is 12.2 Å². The Morgan fingerprint density at radius 1 is 1.32 bits per heavy atom. The predicted octanol–water partition coefficient (Wildman–Crippen LogP) is 1.57. The number of amides is 2. The monoisotopic (exact) mass is 264 g/mol. The highest BCUT2D eigenvalue weighted by Crippen LogP contribution is 2.42. The number of imide groups is 1. The number of hydrogen-bond donors (Lipinski definition) is 1. The van der Waals surface area contributed by atoms with Crippen LogP contribution in [-0.2, 0) is 9.59 Å². The molecule has 0 aromatic carbocycles. The Balaban J connectivity index is 1.90. The topological polar surface area (TPSA) is 49.4 Å². The average molecular weight is 264 g/mol. The fraction of sp³-hybridized carbons (Fsp3) is 0.733. The van der Waals surface area contributed by atoms with Gasteiger partial charge < -0.3 is 5.32 Å². The van der Waals surface area contributed by atoms with Crippen molar-refractivity contribution in [1.82, 2.24) is 10.2 Å². The summed E-state index contributed by atoms with van der Waals surface area (Å²) in [5, 5.41) is 3.25. The lowest BCUT2D eigenvalue weighted by Crippen LogP contribution is -2.35. The molecule has 2 aliphatic rings. The Labute approximate surface area is 115 Å². The van der Waals surface area contributed by atoms with Gasteiger partial charge in [0.15, 0.2) is 0 Å². The second-order valence-electron chi connectivity index (χ2n) is 5.98. The smallest absolute Gasteiger partial charge is 0.233 e. The van der Waals surface area contributed by atoms with Crippen LogP contribution in [0, 0.1) is 17.8 Å². The quantitative estimate of drug-likeness (QED) is 0.450. The molecule has 2 atom stereocenters. The van der Waals surface area contributed by atoms with E-state index in [4.69, 9.17) is 0 Å². The summed E-state index contributed by atoms with van der Waals surface area (Å²) in [7, 11) is 0. The third-order valence-corrected chi connectivity index (χ3v) is 4.15. The van der Waals surface area contributed by atoms with Crippen LogP contribution in [0.2, 0.25) is 0 Å². The first-order valence-corrected chi connectivity index (χ1v) is 7.27. The normalized spacial score (nSPS) is 30.0. The van der Waals surface area contributed by atoms with E-state index in [1.165, 1.54) is 4.90 Å². The number of hydrogen-bond acceptors (Lipinski definition) is 3. The van der Waals surface area contributed by atoms with Crippen molar-refractivity contribution >= 4 is 11.8 Å². The second-order valence-corrected chi connectivity index (χ2v) is 5.98. The molecule has 4 nitrogen and oxygen atoms in total. The fourth-order valence-electron chi connectivity index (χ4n) is 3.22. The summed E-state index contributed by atoms with van der Waals surface area (Å²) >= 11 is 0. The average Bonchev–Trinajstić information content (AvgIpc) is 2.84. The molecule has 0 bridgehead atoms. The standard InChI is InChI=1S/C15H24N2O2/c1-4-5-16-8-11(3)9-17-14(18)12-6-10(2)7-13(12)15(17)19/h10,12-13,16H,3-9H2,1-2H3. The van der Waals surface area contributed by atoms with E-state index in [0.717, 1.165) is 31.4 Å². The van der Waals surface area contributed by atoms with Crippen molar-refractivity contribution in [3.8, 4) is 0 Å². The molecule has 2 fully saturated rings. The number of nitrogens with one attached hydrogen (secondary N) is 1. The molecule has 1 saturated heterocycles. The second kappa shape index (κ2) is 5.87. The molecule has 2 rings (SSSR count). The molecule has 19 heavy (non-hydrogen) atoms. The van der Waals surface area contributed by atoms with Crippen LogP contribution < -0.4 is 5.32 Å². The molecule has 2 unspecified atom stereocenters.